The van der Waals surface area contributed by atoms with Crippen LogP contribution < -0.4 is 14.2 Å². The van der Waals surface area contributed by atoms with E-state index in [1.807, 2.05) is 19.1 Å². The maximum absolute atomic E-state index is 13.6. The first-order valence-electron chi connectivity index (χ1n) is 15.9. The van der Waals surface area contributed by atoms with E-state index in [9.17, 15) is 14.7 Å². The van der Waals surface area contributed by atoms with Crippen LogP contribution in [0.5, 0.6) is 17.2 Å². The van der Waals surface area contributed by atoms with Gasteiger partial charge in [-0.25, -0.2) is 0 Å². The zero-order valence-corrected chi connectivity index (χ0v) is 26.9. The van der Waals surface area contributed by atoms with Crippen molar-refractivity contribution in [2.24, 2.45) is 5.92 Å². The minimum Gasteiger partial charge on any atom is -0.507 e. The summed E-state index contributed by atoms with van der Waals surface area (Å²) in [5.74, 6) is 0.807. The van der Waals surface area contributed by atoms with Gasteiger partial charge < -0.3 is 29.0 Å². The number of hydrogen-bond acceptors (Lipinski definition) is 8. The van der Waals surface area contributed by atoms with Crippen LogP contribution in [0.2, 0.25) is 0 Å². The number of benzene rings is 2. The summed E-state index contributed by atoms with van der Waals surface area (Å²) in [4.78, 5) is 31.0. The van der Waals surface area contributed by atoms with Crippen molar-refractivity contribution in [3.05, 3.63) is 58.7 Å². The molecule has 2 heterocycles. The minimum atomic E-state index is -0.779. The van der Waals surface area contributed by atoms with Gasteiger partial charge in [0.2, 0.25) is 0 Å². The number of likely N-dealkylation sites (tertiary alicyclic amines) is 1. The molecular weight excluding hydrogens is 560 g/mol. The zero-order chi connectivity index (χ0) is 31.6. The average molecular weight is 609 g/mol. The maximum atomic E-state index is 13.6. The Labute approximate surface area is 261 Å². The minimum absolute atomic E-state index is 0.0657. The second-order valence-electron chi connectivity index (χ2n) is 11.9. The third-order valence-electron chi connectivity index (χ3n) is 8.18. The largest absolute Gasteiger partial charge is 0.507 e. The number of amides is 1. The van der Waals surface area contributed by atoms with Crippen LogP contribution in [0.3, 0.4) is 0 Å². The average Bonchev–Trinajstić information content (AvgIpc) is 3.27. The number of morpholine rings is 1. The van der Waals surface area contributed by atoms with Crippen LogP contribution >= 0.6 is 0 Å². The van der Waals surface area contributed by atoms with Gasteiger partial charge in [-0.2, -0.15) is 0 Å². The smallest absolute Gasteiger partial charge is 0.295 e. The molecule has 1 atom stereocenters. The van der Waals surface area contributed by atoms with E-state index < -0.39 is 17.7 Å². The summed E-state index contributed by atoms with van der Waals surface area (Å²) in [5, 5.41) is 11.6. The number of aliphatic hydroxyl groups excluding tert-OH is 1. The molecule has 0 aromatic heterocycles. The number of aryl methyl sites for hydroxylation is 1. The molecule has 1 N–H and O–H groups in total. The van der Waals surface area contributed by atoms with E-state index in [1.54, 1.807) is 36.3 Å². The van der Waals surface area contributed by atoms with Crippen LogP contribution in [0.4, 0.5) is 0 Å². The van der Waals surface area contributed by atoms with Crippen LogP contribution in [0, 0.1) is 12.8 Å². The Morgan fingerprint density at radius 1 is 0.977 bits per heavy atom. The van der Waals surface area contributed by atoms with Gasteiger partial charge in [-0.05, 0) is 73.6 Å². The van der Waals surface area contributed by atoms with E-state index in [1.165, 1.54) is 0 Å². The molecule has 9 nitrogen and oxygen atoms in total. The van der Waals surface area contributed by atoms with Crippen LogP contribution in [0.15, 0.2) is 42.0 Å². The van der Waals surface area contributed by atoms with Crippen molar-refractivity contribution in [3.63, 3.8) is 0 Å². The first-order valence-corrected chi connectivity index (χ1v) is 15.9. The Hall–Kier alpha value is -3.56. The Morgan fingerprint density at radius 3 is 2.39 bits per heavy atom. The fraction of sp³-hybridized carbons (Fsp3) is 0.543. The van der Waals surface area contributed by atoms with Crippen molar-refractivity contribution in [2.75, 3.05) is 59.7 Å². The van der Waals surface area contributed by atoms with Gasteiger partial charge in [-0.3, -0.25) is 14.5 Å². The molecule has 2 aliphatic rings. The van der Waals surface area contributed by atoms with Crippen molar-refractivity contribution in [1.29, 1.82) is 0 Å². The van der Waals surface area contributed by atoms with Gasteiger partial charge in [0, 0.05) is 31.7 Å². The van der Waals surface area contributed by atoms with Crippen molar-refractivity contribution in [1.82, 2.24) is 9.80 Å². The number of Topliss-reactive ketones (excluding diaryl/α,β-unsaturated/α-hetero) is 1. The number of hydrogen-bond donors (Lipinski definition) is 1. The highest BCUT2D eigenvalue weighted by molar-refractivity contribution is 6.46. The number of carbonyl (C=O) groups excluding carboxylic acids is 2. The summed E-state index contributed by atoms with van der Waals surface area (Å²) in [6.07, 6.45) is 3.55. The quantitative estimate of drug-likeness (QED) is 0.118. The summed E-state index contributed by atoms with van der Waals surface area (Å²) < 4.78 is 23.0. The van der Waals surface area contributed by atoms with Crippen molar-refractivity contribution in [3.8, 4) is 17.2 Å². The number of methoxy groups -OCH3 is 1. The number of nitrogens with zero attached hydrogens (tertiary/aromatic N) is 2. The molecule has 2 fully saturated rings. The first-order chi connectivity index (χ1) is 21.2. The molecule has 1 unspecified atom stereocenters. The molecule has 4 rings (SSSR count). The van der Waals surface area contributed by atoms with Gasteiger partial charge in [-0.15, -0.1) is 0 Å². The lowest BCUT2D eigenvalue weighted by atomic mass is 9.94. The van der Waals surface area contributed by atoms with Gasteiger partial charge in [0.1, 0.15) is 11.5 Å². The molecule has 2 aromatic carbocycles. The van der Waals surface area contributed by atoms with Crippen LogP contribution in [-0.4, -0.2) is 86.3 Å². The van der Waals surface area contributed by atoms with Crippen molar-refractivity contribution in [2.45, 2.75) is 59.4 Å². The second kappa shape index (κ2) is 16.0. The molecule has 9 heteroatoms. The Kier molecular flexibility index (Phi) is 12.1. The standard InChI is InChI=1S/C35H48N2O7/c1-6-7-18-43-28-11-10-27(22-25(28)4)33(38)31-32(26-9-12-29(30(23-26)41-5)44-19-13-24(2)3)37(35(40)34(31)39)15-8-14-36-16-20-42-21-17-36/h9-12,22-24,32,38H,6-8,13-21H2,1-5H3. The summed E-state index contributed by atoms with van der Waals surface area (Å²) in [5.41, 5.74) is 2.03. The molecule has 0 saturated carbocycles. The maximum Gasteiger partial charge on any atom is 0.295 e. The predicted octanol–water partition coefficient (Wildman–Crippen LogP) is 5.75. The van der Waals surface area contributed by atoms with Gasteiger partial charge in [0.25, 0.3) is 11.7 Å². The molecule has 1 amide bonds. The van der Waals surface area contributed by atoms with Gasteiger partial charge in [0.15, 0.2) is 11.5 Å². The molecule has 0 bridgehead atoms. The third kappa shape index (κ3) is 8.12. The monoisotopic (exact) mass is 608 g/mol. The first kappa shape index (κ1) is 33.3. The van der Waals surface area contributed by atoms with Crippen LogP contribution in [-0.2, 0) is 14.3 Å². The number of ketones is 1. The molecular formula is C35H48N2O7. The van der Waals surface area contributed by atoms with Gasteiger partial charge in [0.05, 0.1) is 45.2 Å². The predicted molar refractivity (Wildman–Crippen MR) is 170 cm³/mol. The van der Waals surface area contributed by atoms with Crippen LogP contribution in [0.1, 0.15) is 69.2 Å². The summed E-state index contributed by atoms with van der Waals surface area (Å²) in [6.45, 7) is 13.7. The fourth-order valence-electron chi connectivity index (χ4n) is 5.57. The molecule has 2 aromatic rings. The van der Waals surface area contributed by atoms with Crippen LogP contribution in [0.25, 0.3) is 5.76 Å². The lowest BCUT2D eigenvalue weighted by molar-refractivity contribution is -0.140. The third-order valence-corrected chi connectivity index (χ3v) is 8.18. The van der Waals surface area contributed by atoms with Crippen molar-refractivity contribution < 1.29 is 33.6 Å². The SMILES string of the molecule is CCCCOc1ccc(C(O)=C2C(=O)C(=O)N(CCCN3CCOCC3)C2c2ccc(OCCC(C)C)c(OC)c2)cc1C. The summed E-state index contributed by atoms with van der Waals surface area (Å²) in [6, 6.07) is 10.0. The zero-order valence-electron chi connectivity index (χ0n) is 26.9. The normalized spacial score (nSPS) is 18.7. The topological polar surface area (TPSA) is 97.8 Å². The highest BCUT2D eigenvalue weighted by atomic mass is 16.5. The number of ether oxygens (including phenoxy) is 4. The Bertz CT molecular complexity index is 1320. The molecule has 2 saturated heterocycles. The Balaban J connectivity index is 1.69. The van der Waals surface area contributed by atoms with E-state index in [4.69, 9.17) is 18.9 Å². The second-order valence-corrected chi connectivity index (χ2v) is 11.9. The van der Waals surface area contributed by atoms with Gasteiger partial charge >= 0.3 is 0 Å². The lowest BCUT2D eigenvalue weighted by Crippen LogP contribution is -2.39. The van der Waals surface area contributed by atoms with E-state index in [0.29, 0.717) is 67.9 Å². The molecule has 44 heavy (non-hydrogen) atoms. The highest BCUT2D eigenvalue weighted by Crippen LogP contribution is 2.42. The lowest BCUT2D eigenvalue weighted by Gasteiger charge is -2.29. The molecule has 0 radical (unpaired) electrons. The number of carbonyl (C=O) groups is 2. The van der Waals surface area contributed by atoms with E-state index >= 15 is 0 Å². The van der Waals surface area contributed by atoms with E-state index in [2.05, 4.69) is 25.7 Å². The number of unbranched alkanes of at least 4 members (excludes halogenated alkanes) is 1. The fourth-order valence-corrected chi connectivity index (χ4v) is 5.57. The summed E-state index contributed by atoms with van der Waals surface area (Å²) in [7, 11) is 1.57. The van der Waals surface area contributed by atoms with Gasteiger partial charge in [-0.1, -0.05) is 33.3 Å². The molecule has 240 valence electrons. The van der Waals surface area contributed by atoms with E-state index in [-0.39, 0.29) is 11.3 Å². The highest BCUT2D eigenvalue weighted by Gasteiger charge is 2.46. The molecule has 0 aliphatic carbocycles. The number of aliphatic hydroxyl groups is 1. The van der Waals surface area contributed by atoms with E-state index in [0.717, 1.165) is 50.2 Å². The summed E-state index contributed by atoms with van der Waals surface area (Å²) >= 11 is 0. The Morgan fingerprint density at radius 2 is 1.70 bits per heavy atom. The molecule has 0 spiro atoms. The number of rotatable bonds is 15. The molecule has 2 aliphatic heterocycles. The van der Waals surface area contributed by atoms with Crippen molar-refractivity contribution >= 4 is 17.4 Å².